The molecule has 1 aliphatic rings. The minimum absolute atomic E-state index is 0.207. The molecule has 1 aromatic heterocycles. The van der Waals surface area contributed by atoms with Crippen molar-refractivity contribution in [1.82, 2.24) is 4.98 Å². The molecule has 0 radical (unpaired) electrons. The molecule has 0 saturated heterocycles. The number of anilines is 2. The first-order valence-corrected chi connectivity index (χ1v) is 8.01. The Morgan fingerprint density at radius 2 is 2.19 bits per heavy atom. The molecule has 4 nitrogen and oxygen atoms in total. The highest BCUT2D eigenvalue weighted by molar-refractivity contribution is 7.15. The van der Waals surface area contributed by atoms with Crippen LogP contribution in [0.1, 0.15) is 29.5 Å². The molecule has 2 aromatic rings. The van der Waals surface area contributed by atoms with Gasteiger partial charge in [0.25, 0.3) is 0 Å². The molecule has 0 spiro atoms. The second-order valence-electron chi connectivity index (χ2n) is 5.61. The number of aromatic nitrogens is 1. The molecule has 0 aliphatic heterocycles. The summed E-state index contributed by atoms with van der Waals surface area (Å²) in [5, 5.41) is 1.04. The van der Waals surface area contributed by atoms with E-state index < -0.39 is 0 Å². The summed E-state index contributed by atoms with van der Waals surface area (Å²) in [6.07, 6.45) is 3.50. The largest absolute Gasteiger partial charge is 0.397 e. The molecule has 112 valence electrons. The van der Waals surface area contributed by atoms with Gasteiger partial charge in [0.2, 0.25) is 0 Å². The van der Waals surface area contributed by atoms with Gasteiger partial charge in [-0.15, -0.1) is 11.3 Å². The average Bonchev–Trinajstić information content (AvgIpc) is 2.90. The van der Waals surface area contributed by atoms with Crippen LogP contribution in [-0.4, -0.2) is 26.2 Å². The van der Waals surface area contributed by atoms with Gasteiger partial charge in [0.15, 0.2) is 0 Å². The Balaban J connectivity index is 1.98. The highest BCUT2D eigenvalue weighted by Gasteiger charge is 2.24. The number of nitrogens with two attached hydrogens (primary N) is 1. The maximum Gasteiger partial charge on any atom is 0.124 e. The summed E-state index contributed by atoms with van der Waals surface area (Å²) < 4.78 is 5.58. The Bertz CT molecular complexity index is 651. The highest BCUT2D eigenvalue weighted by Crippen LogP contribution is 2.40. The van der Waals surface area contributed by atoms with Gasteiger partial charge < -0.3 is 15.4 Å². The summed E-state index contributed by atoms with van der Waals surface area (Å²) in [6.45, 7) is 0. The standard InChI is InChI=1S/C16H21N3OS/c1-19(2)13-8-7-10(9-11(13)17)16-18-12-5-4-6-14(20-3)15(12)21-16/h7-9,14H,4-6,17H2,1-3H3. The molecule has 3 rings (SSSR count). The van der Waals surface area contributed by atoms with Crippen molar-refractivity contribution in [2.24, 2.45) is 0 Å². The van der Waals surface area contributed by atoms with E-state index in [9.17, 15) is 0 Å². The minimum atomic E-state index is 0.207. The van der Waals surface area contributed by atoms with Gasteiger partial charge in [-0.2, -0.15) is 0 Å². The van der Waals surface area contributed by atoms with Crippen molar-refractivity contribution in [1.29, 1.82) is 0 Å². The van der Waals surface area contributed by atoms with E-state index in [0.29, 0.717) is 0 Å². The Hall–Kier alpha value is -1.59. The number of ether oxygens (including phenoxy) is 1. The quantitative estimate of drug-likeness (QED) is 0.882. The zero-order valence-electron chi connectivity index (χ0n) is 12.7. The molecule has 1 aliphatic carbocycles. The maximum atomic E-state index is 6.15. The Kier molecular flexibility index (Phi) is 3.87. The maximum absolute atomic E-state index is 6.15. The predicted molar refractivity (Wildman–Crippen MR) is 89.0 cm³/mol. The van der Waals surface area contributed by atoms with Crippen molar-refractivity contribution in [3.05, 3.63) is 28.8 Å². The first-order valence-electron chi connectivity index (χ1n) is 7.19. The minimum Gasteiger partial charge on any atom is -0.397 e. The second kappa shape index (κ2) is 5.66. The number of hydrogen-bond donors (Lipinski definition) is 1. The third kappa shape index (κ3) is 2.63. The number of thiazole rings is 1. The number of nitrogen functional groups attached to an aromatic ring is 1. The third-order valence-corrected chi connectivity index (χ3v) is 5.18. The van der Waals surface area contributed by atoms with Crippen molar-refractivity contribution in [3.63, 3.8) is 0 Å². The number of benzene rings is 1. The summed E-state index contributed by atoms with van der Waals surface area (Å²) in [5.74, 6) is 0. The van der Waals surface area contributed by atoms with E-state index in [1.54, 1.807) is 18.4 Å². The number of fused-ring (bicyclic) bond motifs is 1. The van der Waals surface area contributed by atoms with Crippen LogP contribution < -0.4 is 10.6 Å². The molecule has 5 heteroatoms. The normalized spacial score (nSPS) is 17.6. The first-order chi connectivity index (χ1) is 10.1. The smallest absolute Gasteiger partial charge is 0.124 e. The number of aryl methyl sites for hydroxylation is 1. The number of rotatable bonds is 3. The molecule has 21 heavy (non-hydrogen) atoms. The Morgan fingerprint density at radius 1 is 1.38 bits per heavy atom. The molecule has 0 amide bonds. The van der Waals surface area contributed by atoms with E-state index in [4.69, 9.17) is 15.5 Å². The van der Waals surface area contributed by atoms with Gasteiger partial charge in [-0.05, 0) is 37.5 Å². The monoisotopic (exact) mass is 303 g/mol. The lowest BCUT2D eigenvalue weighted by atomic mass is 10.0. The van der Waals surface area contributed by atoms with Crippen LogP contribution in [0.5, 0.6) is 0 Å². The summed E-state index contributed by atoms with van der Waals surface area (Å²) in [7, 11) is 5.77. The number of methoxy groups -OCH3 is 1. The summed E-state index contributed by atoms with van der Waals surface area (Å²) >= 11 is 1.74. The molecule has 1 aromatic carbocycles. The zero-order chi connectivity index (χ0) is 15.0. The van der Waals surface area contributed by atoms with Crippen LogP contribution in [0.25, 0.3) is 10.6 Å². The third-order valence-electron chi connectivity index (χ3n) is 3.94. The Morgan fingerprint density at radius 3 is 2.86 bits per heavy atom. The van der Waals surface area contributed by atoms with Crippen LogP contribution >= 0.6 is 11.3 Å². The summed E-state index contributed by atoms with van der Waals surface area (Å²) in [5.41, 5.74) is 10.3. The molecule has 1 atom stereocenters. The molecular weight excluding hydrogens is 282 g/mol. The SMILES string of the molecule is COC1CCCc2nc(-c3ccc(N(C)C)c(N)c3)sc21. The van der Waals surface area contributed by atoms with E-state index in [1.165, 1.54) is 10.6 Å². The van der Waals surface area contributed by atoms with Crippen molar-refractivity contribution in [2.75, 3.05) is 31.8 Å². The van der Waals surface area contributed by atoms with Gasteiger partial charge in [0, 0.05) is 26.8 Å². The van der Waals surface area contributed by atoms with Gasteiger partial charge in [-0.1, -0.05) is 0 Å². The van der Waals surface area contributed by atoms with E-state index in [2.05, 4.69) is 12.1 Å². The lowest BCUT2D eigenvalue weighted by Crippen LogP contribution is -2.10. The van der Waals surface area contributed by atoms with Crippen molar-refractivity contribution < 1.29 is 4.74 Å². The number of hydrogen-bond acceptors (Lipinski definition) is 5. The average molecular weight is 303 g/mol. The zero-order valence-corrected chi connectivity index (χ0v) is 13.5. The summed E-state index contributed by atoms with van der Waals surface area (Å²) in [4.78, 5) is 8.11. The fourth-order valence-electron chi connectivity index (χ4n) is 2.82. The van der Waals surface area contributed by atoms with Gasteiger partial charge in [-0.25, -0.2) is 4.98 Å². The molecule has 1 unspecified atom stereocenters. The van der Waals surface area contributed by atoms with Crippen molar-refractivity contribution >= 4 is 22.7 Å². The van der Waals surface area contributed by atoms with E-state index in [1.807, 2.05) is 25.1 Å². The topological polar surface area (TPSA) is 51.4 Å². The number of nitrogens with zero attached hydrogens (tertiary/aromatic N) is 2. The second-order valence-corrected chi connectivity index (χ2v) is 6.65. The molecule has 1 heterocycles. The van der Waals surface area contributed by atoms with E-state index in [-0.39, 0.29) is 6.10 Å². The molecule has 0 bridgehead atoms. The Labute approximate surface area is 129 Å². The summed E-state index contributed by atoms with van der Waals surface area (Å²) in [6, 6.07) is 6.16. The molecule has 2 N–H and O–H groups in total. The van der Waals surface area contributed by atoms with Gasteiger partial charge in [0.1, 0.15) is 5.01 Å². The van der Waals surface area contributed by atoms with Gasteiger partial charge in [-0.3, -0.25) is 0 Å². The lowest BCUT2D eigenvalue weighted by molar-refractivity contribution is 0.0908. The van der Waals surface area contributed by atoms with Crippen LogP contribution in [-0.2, 0) is 11.2 Å². The molecular formula is C16H21N3OS. The van der Waals surface area contributed by atoms with Crippen molar-refractivity contribution in [2.45, 2.75) is 25.4 Å². The van der Waals surface area contributed by atoms with Crippen LogP contribution in [0.2, 0.25) is 0 Å². The predicted octanol–water partition coefficient (Wildman–Crippen LogP) is 3.48. The van der Waals surface area contributed by atoms with Gasteiger partial charge in [0.05, 0.1) is 28.0 Å². The first kappa shape index (κ1) is 14.4. The lowest BCUT2D eigenvalue weighted by Gasteiger charge is -2.19. The van der Waals surface area contributed by atoms with Gasteiger partial charge >= 0.3 is 0 Å². The van der Waals surface area contributed by atoms with E-state index in [0.717, 1.165) is 41.2 Å². The fraction of sp³-hybridized carbons (Fsp3) is 0.438. The van der Waals surface area contributed by atoms with Crippen LogP contribution in [0, 0.1) is 0 Å². The van der Waals surface area contributed by atoms with Crippen molar-refractivity contribution in [3.8, 4) is 10.6 Å². The van der Waals surface area contributed by atoms with E-state index >= 15 is 0 Å². The molecule has 0 saturated carbocycles. The van der Waals surface area contributed by atoms with Crippen LogP contribution in [0.15, 0.2) is 18.2 Å². The van der Waals surface area contributed by atoms with Crippen LogP contribution in [0.4, 0.5) is 11.4 Å². The van der Waals surface area contributed by atoms with Crippen LogP contribution in [0.3, 0.4) is 0 Å². The molecule has 0 fully saturated rings. The highest BCUT2D eigenvalue weighted by atomic mass is 32.1. The fourth-order valence-corrected chi connectivity index (χ4v) is 4.04.